The molecular formula is C22H22FN3O. The summed E-state index contributed by atoms with van der Waals surface area (Å²) in [4.78, 5) is 19.2. The number of hydrogen-bond acceptors (Lipinski definition) is 2. The molecule has 2 aromatic carbocycles. The van der Waals surface area contributed by atoms with Crippen molar-refractivity contribution >= 4 is 16.9 Å². The van der Waals surface area contributed by atoms with Crippen molar-refractivity contribution in [3.63, 3.8) is 0 Å². The molecule has 1 atom stereocenters. The first-order chi connectivity index (χ1) is 13.0. The van der Waals surface area contributed by atoms with Crippen molar-refractivity contribution in [2.24, 2.45) is 0 Å². The van der Waals surface area contributed by atoms with Gasteiger partial charge in [0.2, 0.25) is 5.91 Å². The van der Waals surface area contributed by atoms with Crippen molar-refractivity contribution in [1.82, 2.24) is 14.5 Å². The largest absolute Gasteiger partial charge is 0.338 e. The third-order valence-corrected chi connectivity index (χ3v) is 4.98. The second-order valence-electron chi connectivity index (χ2n) is 7.30. The van der Waals surface area contributed by atoms with Gasteiger partial charge in [-0.1, -0.05) is 36.4 Å². The number of benzene rings is 2. The number of likely N-dealkylation sites (tertiary alicyclic amines) is 1. The number of fused-ring (bicyclic) bond motifs is 1. The second kappa shape index (κ2) is 6.99. The van der Waals surface area contributed by atoms with Gasteiger partial charge in [0.25, 0.3) is 0 Å². The molecule has 2 heterocycles. The van der Waals surface area contributed by atoms with Crippen molar-refractivity contribution in [3.05, 3.63) is 77.9 Å². The molecule has 1 fully saturated rings. The predicted molar refractivity (Wildman–Crippen MR) is 104 cm³/mol. The summed E-state index contributed by atoms with van der Waals surface area (Å²) in [5.74, 6) is 0.829. The number of nitrogens with zero attached hydrogens (tertiary/aromatic N) is 3. The Hall–Kier alpha value is -2.95. The molecule has 5 heteroatoms. The van der Waals surface area contributed by atoms with Crippen LogP contribution < -0.4 is 0 Å². The quantitative estimate of drug-likeness (QED) is 0.635. The van der Waals surface area contributed by atoms with E-state index in [9.17, 15) is 9.18 Å². The molecule has 1 aromatic heterocycles. The number of allylic oxidation sites excluding steroid dienone is 1. The molecule has 1 amide bonds. The molecule has 3 aromatic rings. The highest BCUT2D eigenvalue weighted by molar-refractivity contribution is 5.81. The monoisotopic (exact) mass is 363 g/mol. The number of carbonyl (C=O) groups excluding carboxylic acids is 1. The van der Waals surface area contributed by atoms with Crippen LogP contribution in [0, 0.1) is 5.82 Å². The lowest BCUT2D eigenvalue weighted by molar-refractivity contribution is -0.128. The van der Waals surface area contributed by atoms with E-state index in [1.807, 2.05) is 30.0 Å². The molecule has 0 radical (unpaired) electrons. The van der Waals surface area contributed by atoms with Crippen molar-refractivity contribution in [3.8, 4) is 0 Å². The highest BCUT2D eigenvalue weighted by Crippen LogP contribution is 2.31. The molecule has 1 aliphatic rings. The van der Waals surface area contributed by atoms with Crippen LogP contribution in [0.25, 0.3) is 11.0 Å². The Morgan fingerprint density at radius 2 is 1.96 bits per heavy atom. The average Bonchev–Trinajstić information content (AvgIpc) is 3.18. The van der Waals surface area contributed by atoms with Crippen LogP contribution in [0.3, 0.4) is 0 Å². The van der Waals surface area contributed by atoms with Crippen molar-refractivity contribution in [2.75, 3.05) is 6.54 Å². The fourth-order valence-electron chi connectivity index (χ4n) is 3.75. The molecule has 0 bridgehead atoms. The van der Waals surface area contributed by atoms with Crippen LogP contribution in [0.1, 0.15) is 30.7 Å². The third kappa shape index (κ3) is 3.50. The summed E-state index contributed by atoms with van der Waals surface area (Å²) in [5, 5.41) is 0. The molecule has 0 saturated carbocycles. The van der Waals surface area contributed by atoms with Crippen LogP contribution in [0.4, 0.5) is 4.39 Å². The van der Waals surface area contributed by atoms with Gasteiger partial charge in [-0.25, -0.2) is 9.37 Å². The van der Waals surface area contributed by atoms with Gasteiger partial charge < -0.3 is 9.47 Å². The minimum absolute atomic E-state index is 0.0460. The van der Waals surface area contributed by atoms with E-state index in [1.165, 1.54) is 12.1 Å². The number of hydrogen-bond donors (Lipinski definition) is 0. The van der Waals surface area contributed by atoms with Crippen molar-refractivity contribution < 1.29 is 9.18 Å². The van der Waals surface area contributed by atoms with Crippen LogP contribution in [0.15, 0.2) is 60.7 Å². The molecule has 138 valence electrons. The molecule has 0 aliphatic carbocycles. The minimum atomic E-state index is -0.266. The van der Waals surface area contributed by atoms with Gasteiger partial charge in [0.05, 0.1) is 11.0 Å². The standard InChI is InChI=1S/C22H22FN3O/c1-15(2)12-26-20-6-4-3-5-19(20)24-22(26)17-11-21(27)25(14-17)13-16-7-9-18(23)10-8-16/h3-10,17H,1,11-14H2,2H3/t17-/m1/s1. The Morgan fingerprint density at radius 3 is 2.70 bits per heavy atom. The van der Waals surface area contributed by atoms with Crippen LogP contribution in [0.5, 0.6) is 0 Å². The van der Waals surface area contributed by atoms with E-state index < -0.39 is 0 Å². The molecular weight excluding hydrogens is 341 g/mol. The van der Waals surface area contributed by atoms with Crippen LogP contribution >= 0.6 is 0 Å². The summed E-state index contributed by atoms with van der Waals surface area (Å²) in [7, 11) is 0. The molecule has 27 heavy (non-hydrogen) atoms. The Balaban J connectivity index is 1.61. The molecule has 4 nitrogen and oxygen atoms in total. The lowest BCUT2D eigenvalue weighted by atomic mass is 10.1. The molecule has 4 rings (SSSR count). The lowest BCUT2D eigenvalue weighted by Crippen LogP contribution is -2.24. The van der Waals surface area contributed by atoms with Gasteiger partial charge in [-0.2, -0.15) is 0 Å². The zero-order valence-corrected chi connectivity index (χ0v) is 15.4. The molecule has 1 aliphatic heterocycles. The first-order valence-corrected chi connectivity index (χ1v) is 9.13. The number of aromatic nitrogens is 2. The number of halogens is 1. The summed E-state index contributed by atoms with van der Waals surface area (Å²) in [5.41, 5.74) is 3.99. The van der Waals surface area contributed by atoms with E-state index in [4.69, 9.17) is 4.98 Å². The lowest BCUT2D eigenvalue weighted by Gasteiger charge is -2.17. The Morgan fingerprint density at radius 1 is 1.22 bits per heavy atom. The smallest absolute Gasteiger partial charge is 0.223 e. The Kier molecular flexibility index (Phi) is 4.52. The Labute approximate surface area is 157 Å². The fourth-order valence-corrected chi connectivity index (χ4v) is 3.75. The predicted octanol–water partition coefficient (Wildman–Crippen LogP) is 4.27. The number of carbonyl (C=O) groups is 1. The third-order valence-electron chi connectivity index (χ3n) is 4.98. The van der Waals surface area contributed by atoms with Crippen molar-refractivity contribution in [2.45, 2.75) is 32.4 Å². The Bertz CT molecular complexity index is 1010. The average molecular weight is 363 g/mol. The fraction of sp³-hybridized carbons (Fsp3) is 0.273. The zero-order valence-electron chi connectivity index (χ0n) is 15.4. The van der Waals surface area contributed by atoms with Crippen LogP contribution in [-0.4, -0.2) is 26.9 Å². The van der Waals surface area contributed by atoms with Gasteiger partial charge in [-0.05, 0) is 36.8 Å². The SMILES string of the molecule is C=C(C)Cn1c([C@@H]2CC(=O)N(Cc3ccc(F)cc3)C2)nc2ccccc21. The van der Waals surface area contributed by atoms with Gasteiger partial charge in [0.15, 0.2) is 0 Å². The minimum Gasteiger partial charge on any atom is -0.338 e. The van der Waals surface area contributed by atoms with Crippen LogP contribution in [-0.2, 0) is 17.9 Å². The maximum atomic E-state index is 13.1. The van der Waals surface area contributed by atoms with Gasteiger partial charge in [0, 0.05) is 32.0 Å². The maximum absolute atomic E-state index is 13.1. The van der Waals surface area contributed by atoms with Crippen LogP contribution in [0.2, 0.25) is 0 Å². The first-order valence-electron chi connectivity index (χ1n) is 9.13. The highest BCUT2D eigenvalue weighted by Gasteiger charge is 2.33. The second-order valence-corrected chi connectivity index (χ2v) is 7.30. The first kappa shape index (κ1) is 17.5. The number of para-hydroxylation sites is 2. The van der Waals surface area contributed by atoms with E-state index in [1.54, 1.807) is 12.1 Å². The zero-order chi connectivity index (χ0) is 19.0. The number of rotatable bonds is 5. The van der Waals surface area contributed by atoms with E-state index >= 15 is 0 Å². The highest BCUT2D eigenvalue weighted by atomic mass is 19.1. The van der Waals surface area contributed by atoms with Gasteiger partial charge in [-0.15, -0.1) is 0 Å². The summed E-state index contributed by atoms with van der Waals surface area (Å²) in [6.07, 6.45) is 0.445. The topological polar surface area (TPSA) is 38.1 Å². The van der Waals surface area contributed by atoms with Gasteiger partial charge >= 0.3 is 0 Å². The van der Waals surface area contributed by atoms with Gasteiger partial charge in [-0.3, -0.25) is 4.79 Å². The van der Waals surface area contributed by atoms with E-state index in [-0.39, 0.29) is 17.6 Å². The van der Waals surface area contributed by atoms with Gasteiger partial charge in [0.1, 0.15) is 11.6 Å². The summed E-state index contributed by atoms with van der Waals surface area (Å²) >= 11 is 0. The molecule has 0 N–H and O–H groups in total. The molecule has 0 unspecified atom stereocenters. The van der Waals surface area contributed by atoms with E-state index in [0.29, 0.717) is 26.1 Å². The maximum Gasteiger partial charge on any atom is 0.223 e. The summed E-state index contributed by atoms with van der Waals surface area (Å²) in [6, 6.07) is 14.4. The van der Waals surface area contributed by atoms with Crippen molar-refractivity contribution in [1.29, 1.82) is 0 Å². The summed E-state index contributed by atoms with van der Waals surface area (Å²) < 4.78 is 15.3. The van der Waals surface area contributed by atoms with E-state index in [0.717, 1.165) is 28.0 Å². The number of imidazole rings is 1. The normalized spacial score (nSPS) is 17.0. The molecule has 0 spiro atoms. The van der Waals surface area contributed by atoms with E-state index in [2.05, 4.69) is 17.2 Å². The molecule has 1 saturated heterocycles. The number of amides is 1. The summed E-state index contributed by atoms with van der Waals surface area (Å²) in [6.45, 7) is 7.85.